The van der Waals surface area contributed by atoms with Gasteiger partial charge < -0.3 is 10.2 Å². The van der Waals surface area contributed by atoms with Gasteiger partial charge in [-0.15, -0.1) is 0 Å². The molecule has 4 heteroatoms. The van der Waals surface area contributed by atoms with Crippen LogP contribution < -0.4 is 5.32 Å². The van der Waals surface area contributed by atoms with E-state index in [4.69, 9.17) is 0 Å². The fourth-order valence-electron chi connectivity index (χ4n) is 1.79. The van der Waals surface area contributed by atoms with Gasteiger partial charge in [-0.05, 0) is 31.6 Å². The van der Waals surface area contributed by atoms with Crippen LogP contribution >= 0.6 is 0 Å². The predicted octanol–water partition coefficient (Wildman–Crippen LogP) is 2.21. The molecule has 0 spiro atoms. The predicted molar refractivity (Wildman–Crippen MR) is 71.3 cm³/mol. The van der Waals surface area contributed by atoms with Crippen LogP contribution in [-0.4, -0.2) is 37.0 Å². The van der Waals surface area contributed by atoms with Gasteiger partial charge in [-0.25, -0.2) is 4.39 Å². The molecule has 0 aliphatic heterocycles. The monoisotopic (exact) mass is 252 g/mol. The minimum atomic E-state index is -0.433. The van der Waals surface area contributed by atoms with E-state index in [0.29, 0.717) is 12.1 Å². The summed E-state index contributed by atoms with van der Waals surface area (Å²) in [5.74, 6) is -0.777. The molecular weight excluding hydrogens is 231 g/mol. The van der Waals surface area contributed by atoms with Crippen LogP contribution in [0.2, 0.25) is 0 Å². The van der Waals surface area contributed by atoms with E-state index in [1.807, 2.05) is 0 Å². The van der Waals surface area contributed by atoms with Crippen molar-refractivity contribution in [2.75, 3.05) is 26.2 Å². The second-order valence-corrected chi connectivity index (χ2v) is 4.22. The summed E-state index contributed by atoms with van der Waals surface area (Å²) >= 11 is 0. The van der Waals surface area contributed by atoms with E-state index < -0.39 is 5.82 Å². The molecule has 0 saturated carbocycles. The summed E-state index contributed by atoms with van der Waals surface area (Å²) in [4.78, 5) is 14.0. The second kappa shape index (κ2) is 7.11. The van der Waals surface area contributed by atoms with Gasteiger partial charge in [0.05, 0.1) is 5.56 Å². The lowest BCUT2D eigenvalue weighted by molar-refractivity contribution is 0.0944. The van der Waals surface area contributed by atoms with Crippen molar-refractivity contribution in [3.63, 3.8) is 0 Å². The lowest BCUT2D eigenvalue weighted by Crippen LogP contribution is -2.35. The number of carbonyl (C=O) groups excluding carboxylic acids is 1. The van der Waals surface area contributed by atoms with E-state index in [1.54, 1.807) is 19.1 Å². The zero-order valence-corrected chi connectivity index (χ0v) is 11.3. The number of amides is 1. The van der Waals surface area contributed by atoms with Crippen molar-refractivity contribution in [3.05, 3.63) is 35.1 Å². The van der Waals surface area contributed by atoms with E-state index in [-0.39, 0.29) is 11.5 Å². The largest absolute Gasteiger partial charge is 0.351 e. The number of nitrogens with one attached hydrogen (secondary N) is 1. The van der Waals surface area contributed by atoms with Gasteiger partial charge in [-0.1, -0.05) is 26.0 Å². The van der Waals surface area contributed by atoms with Gasteiger partial charge in [0, 0.05) is 13.1 Å². The van der Waals surface area contributed by atoms with Gasteiger partial charge in [0.25, 0.3) is 5.91 Å². The molecule has 0 aliphatic carbocycles. The normalized spacial score (nSPS) is 10.7. The summed E-state index contributed by atoms with van der Waals surface area (Å²) in [6.45, 7) is 9.02. The molecule has 3 nitrogen and oxygen atoms in total. The van der Waals surface area contributed by atoms with Crippen molar-refractivity contribution >= 4 is 5.91 Å². The number of rotatable bonds is 6. The molecule has 0 saturated heterocycles. The van der Waals surface area contributed by atoms with E-state index in [9.17, 15) is 9.18 Å². The molecule has 0 heterocycles. The Morgan fingerprint density at radius 1 is 1.33 bits per heavy atom. The van der Waals surface area contributed by atoms with Gasteiger partial charge in [-0.3, -0.25) is 4.79 Å². The summed E-state index contributed by atoms with van der Waals surface area (Å²) in [7, 11) is 0. The minimum absolute atomic E-state index is 0.120. The number of nitrogens with zero attached hydrogens (tertiary/aromatic N) is 1. The fourth-order valence-corrected chi connectivity index (χ4v) is 1.79. The molecule has 1 rings (SSSR count). The Bertz CT molecular complexity index is 403. The molecule has 0 radical (unpaired) electrons. The highest BCUT2D eigenvalue weighted by Gasteiger charge is 2.12. The van der Waals surface area contributed by atoms with Crippen molar-refractivity contribution in [1.82, 2.24) is 10.2 Å². The molecule has 0 aliphatic rings. The number of halogens is 1. The first-order valence-corrected chi connectivity index (χ1v) is 6.35. The fraction of sp³-hybridized carbons (Fsp3) is 0.500. The van der Waals surface area contributed by atoms with Crippen LogP contribution in [0.3, 0.4) is 0 Å². The van der Waals surface area contributed by atoms with Crippen LogP contribution in [0.25, 0.3) is 0 Å². The molecule has 1 amide bonds. The lowest BCUT2D eigenvalue weighted by Gasteiger charge is -2.18. The van der Waals surface area contributed by atoms with Crippen LogP contribution in [0.1, 0.15) is 29.8 Å². The molecule has 0 bridgehead atoms. The zero-order chi connectivity index (χ0) is 13.5. The van der Waals surface area contributed by atoms with E-state index >= 15 is 0 Å². The molecule has 1 aromatic rings. The standard InChI is InChI=1S/C14H21FN2O/c1-4-17(5-2)10-9-16-14(18)12-8-6-7-11(3)13(12)15/h6-8H,4-5,9-10H2,1-3H3,(H,16,18). The Kier molecular flexibility index (Phi) is 5.78. The molecule has 18 heavy (non-hydrogen) atoms. The SMILES string of the molecule is CCN(CC)CCNC(=O)c1cccc(C)c1F. The topological polar surface area (TPSA) is 32.3 Å². The van der Waals surface area contributed by atoms with Crippen LogP contribution in [0.5, 0.6) is 0 Å². The van der Waals surface area contributed by atoms with Gasteiger partial charge in [0.1, 0.15) is 5.82 Å². The van der Waals surface area contributed by atoms with Crippen molar-refractivity contribution in [2.24, 2.45) is 0 Å². The van der Waals surface area contributed by atoms with Gasteiger partial charge >= 0.3 is 0 Å². The molecule has 0 fully saturated rings. The summed E-state index contributed by atoms with van der Waals surface area (Å²) < 4.78 is 13.7. The summed E-state index contributed by atoms with van der Waals surface area (Å²) in [6, 6.07) is 4.86. The Hall–Kier alpha value is -1.42. The van der Waals surface area contributed by atoms with E-state index in [1.165, 1.54) is 6.07 Å². The number of carbonyl (C=O) groups is 1. The van der Waals surface area contributed by atoms with E-state index in [0.717, 1.165) is 19.6 Å². The number of likely N-dealkylation sites (N-methyl/N-ethyl adjacent to an activating group) is 1. The highest BCUT2D eigenvalue weighted by molar-refractivity contribution is 5.94. The van der Waals surface area contributed by atoms with Crippen molar-refractivity contribution in [3.8, 4) is 0 Å². The molecule has 0 aromatic heterocycles. The average molecular weight is 252 g/mol. The Morgan fingerprint density at radius 2 is 2.00 bits per heavy atom. The molecule has 1 N–H and O–H groups in total. The van der Waals surface area contributed by atoms with Gasteiger partial charge in [0.15, 0.2) is 0 Å². The quantitative estimate of drug-likeness (QED) is 0.842. The van der Waals surface area contributed by atoms with E-state index in [2.05, 4.69) is 24.1 Å². The summed E-state index contributed by atoms with van der Waals surface area (Å²) in [6.07, 6.45) is 0. The lowest BCUT2D eigenvalue weighted by atomic mass is 10.1. The van der Waals surface area contributed by atoms with Crippen LogP contribution in [-0.2, 0) is 0 Å². The first-order chi connectivity index (χ1) is 8.60. The Balaban J connectivity index is 2.53. The molecule has 0 unspecified atom stereocenters. The van der Waals surface area contributed by atoms with Crippen LogP contribution in [0, 0.1) is 12.7 Å². The van der Waals surface area contributed by atoms with Gasteiger partial charge in [-0.2, -0.15) is 0 Å². The molecule has 0 atom stereocenters. The third kappa shape index (κ3) is 3.81. The smallest absolute Gasteiger partial charge is 0.254 e. The number of hydrogen-bond acceptors (Lipinski definition) is 2. The maximum atomic E-state index is 13.7. The van der Waals surface area contributed by atoms with Crippen LogP contribution in [0.4, 0.5) is 4.39 Å². The third-order valence-corrected chi connectivity index (χ3v) is 3.04. The number of aryl methyl sites for hydroxylation is 1. The maximum absolute atomic E-state index is 13.7. The molecule has 1 aromatic carbocycles. The van der Waals surface area contributed by atoms with Crippen molar-refractivity contribution in [1.29, 1.82) is 0 Å². The molecular formula is C14H21FN2O. The average Bonchev–Trinajstić information content (AvgIpc) is 2.37. The maximum Gasteiger partial charge on any atom is 0.254 e. The van der Waals surface area contributed by atoms with Crippen molar-refractivity contribution < 1.29 is 9.18 Å². The third-order valence-electron chi connectivity index (χ3n) is 3.04. The number of benzene rings is 1. The highest BCUT2D eigenvalue weighted by Crippen LogP contribution is 2.11. The minimum Gasteiger partial charge on any atom is -0.351 e. The summed E-state index contributed by atoms with van der Waals surface area (Å²) in [5.41, 5.74) is 0.612. The van der Waals surface area contributed by atoms with Gasteiger partial charge in [0.2, 0.25) is 0 Å². The second-order valence-electron chi connectivity index (χ2n) is 4.22. The first-order valence-electron chi connectivity index (χ1n) is 6.35. The Morgan fingerprint density at radius 3 is 2.61 bits per heavy atom. The zero-order valence-electron chi connectivity index (χ0n) is 11.3. The highest BCUT2D eigenvalue weighted by atomic mass is 19.1. The summed E-state index contributed by atoms with van der Waals surface area (Å²) in [5, 5.41) is 2.75. The molecule has 100 valence electrons. The Labute approximate surface area is 108 Å². The van der Waals surface area contributed by atoms with Crippen molar-refractivity contribution in [2.45, 2.75) is 20.8 Å². The number of hydrogen-bond donors (Lipinski definition) is 1. The van der Waals surface area contributed by atoms with Crippen LogP contribution in [0.15, 0.2) is 18.2 Å². The first kappa shape index (κ1) is 14.6.